The van der Waals surface area contributed by atoms with Gasteiger partial charge in [-0.1, -0.05) is 36.8 Å². The van der Waals surface area contributed by atoms with Crippen LogP contribution < -0.4 is 9.47 Å². The monoisotopic (exact) mass is 508 g/mol. The van der Waals surface area contributed by atoms with Gasteiger partial charge in [-0.3, -0.25) is 0 Å². The summed E-state index contributed by atoms with van der Waals surface area (Å²) >= 11 is 0. The third-order valence-corrected chi connectivity index (χ3v) is 8.07. The highest BCUT2D eigenvalue weighted by atomic mass is 19.1. The summed E-state index contributed by atoms with van der Waals surface area (Å²) in [6, 6.07) is 8.76. The second kappa shape index (κ2) is 13.0. The quantitative estimate of drug-likeness (QED) is 0.193. The number of carbonyl (C=O) groups excluding carboxylic acids is 1. The Kier molecular flexibility index (Phi) is 9.54. The summed E-state index contributed by atoms with van der Waals surface area (Å²) in [6.07, 6.45) is 17.7. The summed E-state index contributed by atoms with van der Waals surface area (Å²) in [6.45, 7) is 4.26. The van der Waals surface area contributed by atoms with E-state index in [9.17, 15) is 9.18 Å². The van der Waals surface area contributed by atoms with Crippen molar-refractivity contribution in [1.29, 1.82) is 0 Å². The molecule has 3 nitrogen and oxygen atoms in total. The van der Waals surface area contributed by atoms with E-state index in [0.29, 0.717) is 24.2 Å². The summed E-state index contributed by atoms with van der Waals surface area (Å²) < 4.78 is 40.0. The zero-order chi connectivity index (χ0) is 26.2. The molecule has 0 aliphatic heterocycles. The first-order valence-electron chi connectivity index (χ1n) is 13.6. The van der Waals surface area contributed by atoms with Gasteiger partial charge in [0.25, 0.3) is 0 Å². The molecule has 0 amide bonds. The highest BCUT2D eigenvalue weighted by molar-refractivity contribution is 5.91. The first-order chi connectivity index (χ1) is 18.0. The van der Waals surface area contributed by atoms with Gasteiger partial charge in [0.2, 0.25) is 0 Å². The molecule has 0 spiro atoms. The Bertz CT molecular complexity index is 1120. The van der Waals surface area contributed by atoms with Crippen molar-refractivity contribution in [2.24, 2.45) is 17.8 Å². The molecule has 2 fully saturated rings. The first kappa shape index (κ1) is 27.1. The van der Waals surface area contributed by atoms with Crippen molar-refractivity contribution in [2.45, 2.75) is 71.1 Å². The molecular weight excluding hydrogens is 470 g/mol. The molecule has 2 saturated carbocycles. The van der Waals surface area contributed by atoms with Gasteiger partial charge in [-0.05, 0) is 112 Å². The summed E-state index contributed by atoms with van der Waals surface area (Å²) in [5.41, 5.74) is 0.753. The minimum Gasteiger partial charge on any atom is -0.489 e. The lowest BCUT2D eigenvalue weighted by atomic mass is 9.63. The predicted molar refractivity (Wildman–Crippen MR) is 143 cm³/mol. The summed E-state index contributed by atoms with van der Waals surface area (Å²) in [5, 5.41) is 0. The van der Waals surface area contributed by atoms with E-state index in [1.54, 1.807) is 6.08 Å². The Balaban J connectivity index is 1.34. The third-order valence-electron chi connectivity index (χ3n) is 8.07. The van der Waals surface area contributed by atoms with E-state index in [1.165, 1.54) is 62.8 Å². The van der Waals surface area contributed by atoms with Crippen LogP contribution in [0.3, 0.4) is 0 Å². The molecule has 2 aliphatic rings. The summed E-state index contributed by atoms with van der Waals surface area (Å²) in [5.74, 6) is 0.434. The van der Waals surface area contributed by atoms with Crippen LogP contribution in [0.5, 0.6) is 11.5 Å². The van der Waals surface area contributed by atoms with Gasteiger partial charge in [-0.25, -0.2) is 13.6 Å². The number of hydrogen-bond donors (Lipinski definition) is 0. The van der Waals surface area contributed by atoms with Crippen LogP contribution in [0.15, 0.2) is 60.7 Å². The van der Waals surface area contributed by atoms with E-state index < -0.39 is 17.6 Å². The molecule has 0 bridgehead atoms. The molecule has 0 N–H and O–H groups in total. The number of allylic oxidation sites excluding steroid dienone is 3. The van der Waals surface area contributed by atoms with E-state index in [4.69, 9.17) is 9.47 Å². The van der Waals surface area contributed by atoms with Crippen LogP contribution in [-0.2, 0) is 0 Å². The Morgan fingerprint density at radius 1 is 0.919 bits per heavy atom. The summed E-state index contributed by atoms with van der Waals surface area (Å²) in [4.78, 5) is 12.6. The maximum absolute atomic E-state index is 15.0. The molecule has 4 rings (SSSR count). The van der Waals surface area contributed by atoms with Gasteiger partial charge in [0.05, 0.1) is 5.56 Å². The van der Waals surface area contributed by atoms with E-state index in [2.05, 4.69) is 19.1 Å². The number of fused-ring (bicyclic) bond motifs is 1. The molecule has 2 aromatic rings. The van der Waals surface area contributed by atoms with Crippen LogP contribution in [0, 0.1) is 29.4 Å². The van der Waals surface area contributed by atoms with Gasteiger partial charge in [-0.15, -0.1) is 0 Å². The van der Waals surface area contributed by atoms with Crippen LogP contribution in [0.1, 0.15) is 87.1 Å². The largest absolute Gasteiger partial charge is 0.489 e. The van der Waals surface area contributed by atoms with E-state index in [1.807, 2.05) is 19.1 Å². The van der Waals surface area contributed by atoms with Gasteiger partial charge in [0.1, 0.15) is 18.2 Å². The maximum atomic E-state index is 15.0. The number of ether oxygens (including phenoxy) is 2. The highest BCUT2D eigenvalue weighted by Gasteiger charge is 2.36. The number of benzene rings is 2. The normalized spacial score (nSPS) is 23.8. The fraction of sp³-hybridized carbons (Fsp3) is 0.469. The van der Waals surface area contributed by atoms with Crippen LogP contribution in [0.4, 0.5) is 8.78 Å². The Morgan fingerprint density at radius 3 is 2.46 bits per heavy atom. The lowest BCUT2D eigenvalue weighted by Crippen LogP contribution is -2.30. The summed E-state index contributed by atoms with van der Waals surface area (Å²) in [7, 11) is 0. The minimum atomic E-state index is -0.912. The second-order valence-electron chi connectivity index (χ2n) is 10.5. The van der Waals surface area contributed by atoms with Crippen LogP contribution >= 0.6 is 0 Å². The number of carbonyl (C=O) groups is 1. The van der Waals surface area contributed by atoms with Crippen molar-refractivity contribution in [3.8, 4) is 11.5 Å². The van der Waals surface area contributed by atoms with Gasteiger partial charge in [-0.2, -0.15) is 0 Å². The molecule has 37 heavy (non-hydrogen) atoms. The van der Waals surface area contributed by atoms with Gasteiger partial charge >= 0.3 is 5.97 Å². The molecule has 4 unspecified atom stereocenters. The van der Waals surface area contributed by atoms with Gasteiger partial charge in [0, 0.05) is 6.07 Å². The number of halogens is 2. The molecule has 0 radical (unpaired) electrons. The lowest BCUT2D eigenvalue weighted by molar-refractivity contribution is 0.0722. The fourth-order valence-electron chi connectivity index (χ4n) is 6.05. The zero-order valence-electron chi connectivity index (χ0n) is 21.9. The van der Waals surface area contributed by atoms with Crippen molar-refractivity contribution in [3.63, 3.8) is 0 Å². The average Bonchev–Trinajstić information content (AvgIpc) is 2.90. The number of hydrogen-bond acceptors (Lipinski definition) is 3. The van der Waals surface area contributed by atoms with Crippen LogP contribution in [-0.4, -0.2) is 12.6 Å². The van der Waals surface area contributed by atoms with E-state index >= 15 is 4.39 Å². The second-order valence-corrected chi connectivity index (χ2v) is 10.5. The van der Waals surface area contributed by atoms with Crippen molar-refractivity contribution < 1.29 is 23.0 Å². The van der Waals surface area contributed by atoms with Crippen molar-refractivity contribution in [2.75, 3.05) is 6.61 Å². The Morgan fingerprint density at radius 2 is 1.70 bits per heavy atom. The average molecular weight is 509 g/mol. The smallest absolute Gasteiger partial charge is 0.346 e. The first-order valence-corrected chi connectivity index (χ1v) is 13.6. The molecule has 2 aliphatic carbocycles. The number of rotatable bonds is 9. The fourth-order valence-corrected chi connectivity index (χ4v) is 6.05. The Hall–Kier alpha value is -2.95. The van der Waals surface area contributed by atoms with Gasteiger partial charge in [0.15, 0.2) is 11.6 Å². The third kappa shape index (κ3) is 7.09. The molecule has 4 atom stereocenters. The van der Waals surface area contributed by atoms with Crippen molar-refractivity contribution >= 4 is 5.97 Å². The zero-order valence-corrected chi connectivity index (χ0v) is 21.9. The highest BCUT2D eigenvalue weighted by Crippen LogP contribution is 2.48. The Labute approximate surface area is 219 Å². The lowest BCUT2D eigenvalue weighted by Gasteiger charge is -2.42. The molecule has 2 aromatic carbocycles. The van der Waals surface area contributed by atoms with Crippen LogP contribution in [0.25, 0.3) is 0 Å². The topological polar surface area (TPSA) is 35.5 Å². The molecule has 198 valence electrons. The molecule has 0 heterocycles. The molecule has 5 heteroatoms. The molecule has 0 saturated heterocycles. The standard InChI is InChI=1S/C32H38F2O3/c1-3-5-7-8-22-9-10-24-19-25(12-11-23(24)18-22)26-13-15-28(29(33)20-26)32(35)37-31-16-14-27(21-30(31)34)36-17-6-4-2/h3-6,13-16,20-25H,7-12,17-19H2,1-2H3/b5-3+,6-4+. The molecule has 0 aromatic heterocycles. The maximum Gasteiger partial charge on any atom is 0.346 e. The van der Waals surface area contributed by atoms with E-state index in [0.717, 1.165) is 36.3 Å². The molecular formula is C32H38F2O3. The SMILES string of the molecule is C/C=C/CCC1CCC2CC(c3ccc(C(=O)Oc4ccc(OC/C=C/C)cc4F)c(F)c3)CCC2C1. The van der Waals surface area contributed by atoms with Crippen LogP contribution in [0.2, 0.25) is 0 Å². The van der Waals surface area contributed by atoms with E-state index in [-0.39, 0.29) is 11.3 Å². The van der Waals surface area contributed by atoms with Gasteiger partial charge < -0.3 is 9.47 Å². The number of esters is 1. The van der Waals surface area contributed by atoms with Crippen molar-refractivity contribution in [1.82, 2.24) is 0 Å². The van der Waals surface area contributed by atoms with Crippen molar-refractivity contribution in [3.05, 3.63) is 83.5 Å². The predicted octanol–water partition coefficient (Wildman–Crippen LogP) is 8.80. The minimum absolute atomic E-state index is 0.188.